The van der Waals surface area contributed by atoms with Crippen LogP contribution in [0.2, 0.25) is 0 Å². The minimum absolute atomic E-state index is 0.00608. The lowest BCUT2D eigenvalue weighted by Gasteiger charge is -2.28. The molecule has 1 aromatic carbocycles. The molecule has 7 heteroatoms. The molecular weight excluding hydrogens is 452 g/mol. The number of nitrogens with zero attached hydrogens (tertiary/aromatic N) is 5. The third-order valence-electron chi connectivity index (χ3n) is 6.71. The molecule has 2 atom stereocenters. The van der Waals surface area contributed by atoms with E-state index in [1.54, 1.807) is 0 Å². The molecule has 1 saturated heterocycles. The topological polar surface area (TPSA) is 49.2 Å². The van der Waals surface area contributed by atoms with Crippen LogP contribution in [0.1, 0.15) is 40.3 Å². The number of rotatable bonds is 6. The molecule has 0 radical (unpaired) electrons. The average molecular weight is 483 g/mol. The van der Waals surface area contributed by atoms with Crippen LogP contribution in [0.4, 0.5) is 5.69 Å². The number of aromatic nitrogens is 3. The molecule has 1 N–H and O–H groups in total. The van der Waals surface area contributed by atoms with E-state index >= 15 is 0 Å². The molecule has 5 rings (SSSR count). The highest BCUT2D eigenvalue weighted by Crippen LogP contribution is 2.42. The Morgan fingerprint density at radius 1 is 0.971 bits per heavy atom. The van der Waals surface area contributed by atoms with Crippen LogP contribution in [0.25, 0.3) is 5.69 Å². The Kier molecular flexibility index (Phi) is 6.26. The molecule has 3 aromatic heterocycles. The number of hydrogen-bond donors (Lipinski definition) is 1. The van der Waals surface area contributed by atoms with Gasteiger partial charge in [0.05, 0.1) is 17.8 Å². The number of anilines is 1. The van der Waals surface area contributed by atoms with Crippen LogP contribution >= 0.6 is 12.2 Å². The van der Waals surface area contributed by atoms with Crippen molar-refractivity contribution in [2.24, 2.45) is 0 Å². The Bertz CT molecular complexity index is 1320. The van der Waals surface area contributed by atoms with Crippen molar-refractivity contribution in [3.05, 3.63) is 107 Å². The van der Waals surface area contributed by atoms with E-state index in [1.807, 2.05) is 42.9 Å². The third-order valence-corrected chi connectivity index (χ3v) is 7.07. The van der Waals surface area contributed by atoms with Crippen LogP contribution < -0.4 is 10.2 Å². The zero-order valence-corrected chi connectivity index (χ0v) is 21.3. The van der Waals surface area contributed by atoms with E-state index in [-0.39, 0.29) is 12.1 Å². The van der Waals surface area contributed by atoms with Gasteiger partial charge < -0.3 is 19.7 Å². The lowest BCUT2D eigenvalue weighted by molar-refractivity contribution is 0.310. The summed E-state index contributed by atoms with van der Waals surface area (Å²) in [4.78, 5) is 13.3. The molecule has 0 aliphatic carbocycles. The maximum absolute atomic E-state index is 5.87. The summed E-state index contributed by atoms with van der Waals surface area (Å²) in [6, 6.07) is 21.1. The maximum atomic E-state index is 5.87. The summed E-state index contributed by atoms with van der Waals surface area (Å²) in [5.41, 5.74) is 8.13. The molecule has 6 nitrogen and oxygen atoms in total. The normalized spacial score (nSPS) is 17.5. The fraction of sp³-hybridized carbons (Fsp3) is 0.250. The van der Waals surface area contributed by atoms with E-state index in [0.717, 1.165) is 16.5 Å². The fourth-order valence-electron chi connectivity index (χ4n) is 4.98. The molecule has 0 unspecified atom stereocenters. The first-order valence-corrected chi connectivity index (χ1v) is 12.2. The number of aryl methyl sites for hydroxylation is 1. The molecule has 0 saturated carbocycles. The van der Waals surface area contributed by atoms with Gasteiger partial charge in [0.15, 0.2) is 5.11 Å². The van der Waals surface area contributed by atoms with Gasteiger partial charge in [-0.1, -0.05) is 6.07 Å². The first kappa shape index (κ1) is 23.1. The molecule has 4 aromatic rings. The van der Waals surface area contributed by atoms with Gasteiger partial charge in [-0.05, 0) is 91.8 Å². The summed E-state index contributed by atoms with van der Waals surface area (Å²) in [7, 11) is 4.12. The van der Waals surface area contributed by atoms with Gasteiger partial charge in [-0.2, -0.15) is 0 Å². The molecule has 0 amide bonds. The minimum atomic E-state index is -0.0457. The smallest absolute Gasteiger partial charge is 0.170 e. The second-order valence-electron chi connectivity index (χ2n) is 9.18. The number of benzene rings is 1. The number of pyridine rings is 2. The Balaban J connectivity index is 1.59. The molecule has 1 aliphatic heterocycles. The lowest BCUT2D eigenvalue weighted by atomic mass is 9.96. The first-order chi connectivity index (χ1) is 16.9. The van der Waals surface area contributed by atoms with Crippen LogP contribution in [0.5, 0.6) is 0 Å². The van der Waals surface area contributed by atoms with Crippen LogP contribution in [-0.2, 0) is 6.54 Å². The molecule has 4 heterocycles. The van der Waals surface area contributed by atoms with E-state index in [4.69, 9.17) is 12.2 Å². The first-order valence-electron chi connectivity index (χ1n) is 11.8. The molecule has 178 valence electrons. The van der Waals surface area contributed by atoms with Gasteiger partial charge in [0.25, 0.3) is 0 Å². The second kappa shape index (κ2) is 9.50. The summed E-state index contributed by atoms with van der Waals surface area (Å²) < 4.78 is 2.33. The highest BCUT2D eigenvalue weighted by Gasteiger charge is 2.41. The summed E-state index contributed by atoms with van der Waals surface area (Å²) in [6.07, 6.45) is 5.50. The maximum Gasteiger partial charge on any atom is 0.170 e. The van der Waals surface area contributed by atoms with Gasteiger partial charge in [0.2, 0.25) is 0 Å². The number of hydrogen-bond acceptors (Lipinski definition) is 4. The van der Waals surface area contributed by atoms with Gasteiger partial charge >= 0.3 is 0 Å². The quantitative estimate of drug-likeness (QED) is 0.385. The van der Waals surface area contributed by atoms with Crippen LogP contribution in [-0.4, -0.2) is 38.6 Å². The van der Waals surface area contributed by atoms with Gasteiger partial charge in [0, 0.05) is 62.0 Å². The van der Waals surface area contributed by atoms with Crippen molar-refractivity contribution >= 4 is 23.0 Å². The lowest BCUT2D eigenvalue weighted by Crippen LogP contribution is -2.29. The Hall–Kier alpha value is -3.71. The van der Waals surface area contributed by atoms with Gasteiger partial charge in [-0.3, -0.25) is 9.97 Å². The van der Waals surface area contributed by atoms with Crippen molar-refractivity contribution in [3.8, 4) is 5.69 Å². The van der Waals surface area contributed by atoms with Gasteiger partial charge in [-0.25, -0.2) is 0 Å². The van der Waals surface area contributed by atoms with E-state index in [0.29, 0.717) is 6.54 Å². The molecule has 1 fully saturated rings. The predicted molar refractivity (Wildman–Crippen MR) is 145 cm³/mol. The highest BCUT2D eigenvalue weighted by molar-refractivity contribution is 7.80. The van der Waals surface area contributed by atoms with Crippen molar-refractivity contribution in [2.45, 2.75) is 32.5 Å². The van der Waals surface area contributed by atoms with Crippen molar-refractivity contribution in [3.63, 3.8) is 0 Å². The standard InChI is InChI=1S/C28H30N6S/c1-19-17-24(20(2)34(19)23-10-8-22(9-11-23)32(3)4)27-26(25-7-5-6-14-30-25)31-28(35)33(27)18-21-12-15-29-16-13-21/h5-17,26-27H,18H2,1-4H3,(H,31,35)/t26-,27-/m0/s1. The zero-order chi connectivity index (χ0) is 24.5. The Morgan fingerprint density at radius 3 is 2.37 bits per heavy atom. The average Bonchev–Trinajstić information content (AvgIpc) is 3.35. The number of nitrogens with one attached hydrogen (secondary N) is 1. The Labute approximate surface area is 212 Å². The highest BCUT2D eigenvalue weighted by atomic mass is 32.1. The van der Waals surface area contributed by atoms with Crippen LogP contribution in [0.15, 0.2) is 79.3 Å². The molecule has 1 aliphatic rings. The largest absolute Gasteiger partial charge is 0.378 e. The monoisotopic (exact) mass is 482 g/mol. The van der Waals surface area contributed by atoms with E-state index < -0.39 is 0 Å². The van der Waals surface area contributed by atoms with Gasteiger partial charge in [0.1, 0.15) is 0 Å². The summed E-state index contributed by atoms with van der Waals surface area (Å²) in [6.45, 7) is 5.06. The van der Waals surface area contributed by atoms with E-state index in [1.165, 1.54) is 28.2 Å². The third kappa shape index (κ3) is 4.39. The zero-order valence-electron chi connectivity index (χ0n) is 20.5. The summed E-state index contributed by atoms with van der Waals surface area (Å²) in [5.74, 6) is 0. The predicted octanol–water partition coefficient (Wildman–Crippen LogP) is 5.12. The van der Waals surface area contributed by atoms with Crippen molar-refractivity contribution in [2.75, 3.05) is 19.0 Å². The fourth-order valence-corrected chi connectivity index (χ4v) is 5.29. The number of thiocarbonyl (C=S) groups is 1. The Morgan fingerprint density at radius 2 is 1.71 bits per heavy atom. The van der Waals surface area contributed by atoms with Crippen molar-refractivity contribution < 1.29 is 0 Å². The molecule has 35 heavy (non-hydrogen) atoms. The van der Waals surface area contributed by atoms with Crippen molar-refractivity contribution in [1.29, 1.82) is 0 Å². The van der Waals surface area contributed by atoms with Crippen molar-refractivity contribution in [1.82, 2.24) is 24.8 Å². The van der Waals surface area contributed by atoms with Crippen LogP contribution in [0.3, 0.4) is 0 Å². The molecule has 0 spiro atoms. The van der Waals surface area contributed by atoms with Gasteiger partial charge in [-0.15, -0.1) is 0 Å². The van der Waals surface area contributed by atoms with E-state index in [2.05, 4.69) is 94.0 Å². The molecular formula is C28H30N6S. The summed E-state index contributed by atoms with van der Waals surface area (Å²) in [5, 5.41) is 4.31. The molecule has 0 bridgehead atoms. The summed E-state index contributed by atoms with van der Waals surface area (Å²) >= 11 is 5.87. The second-order valence-corrected chi connectivity index (χ2v) is 9.57. The SMILES string of the molecule is Cc1cc([C@H]2[C@H](c3ccccn3)NC(=S)N2Cc2ccncc2)c(C)n1-c1ccc(N(C)C)cc1. The van der Waals surface area contributed by atoms with E-state index in [9.17, 15) is 0 Å². The van der Waals surface area contributed by atoms with Crippen LogP contribution in [0, 0.1) is 13.8 Å². The minimum Gasteiger partial charge on any atom is -0.378 e.